The van der Waals surface area contributed by atoms with Crippen LogP contribution in [0.3, 0.4) is 0 Å². The maximum absolute atomic E-state index is 11.6. The number of nitrogens with one attached hydrogen (secondary N) is 2. The van der Waals surface area contributed by atoms with Gasteiger partial charge in [-0.15, -0.1) is 0 Å². The minimum Gasteiger partial charge on any atom is -0.504 e. The van der Waals surface area contributed by atoms with Crippen LogP contribution >= 0.6 is 0 Å². The Morgan fingerprint density at radius 1 is 0.964 bits per heavy atom. The molecule has 1 aliphatic rings. The van der Waals surface area contributed by atoms with Crippen molar-refractivity contribution in [3.63, 3.8) is 0 Å². The van der Waals surface area contributed by atoms with Gasteiger partial charge in [0.2, 0.25) is 18.0 Å². The summed E-state index contributed by atoms with van der Waals surface area (Å²) in [4.78, 5) is 22.5. The van der Waals surface area contributed by atoms with E-state index in [0.717, 1.165) is 5.56 Å². The highest BCUT2D eigenvalue weighted by molar-refractivity contribution is 5.75. The van der Waals surface area contributed by atoms with Crippen molar-refractivity contribution in [3.8, 4) is 23.0 Å². The van der Waals surface area contributed by atoms with Gasteiger partial charge >= 0.3 is 0 Å². The summed E-state index contributed by atoms with van der Waals surface area (Å²) in [5.41, 5.74) is 1.28. The van der Waals surface area contributed by atoms with Crippen molar-refractivity contribution in [3.05, 3.63) is 53.7 Å². The van der Waals surface area contributed by atoms with Crippen LogP contribution in [0, 0.1) is 0 Å². The first kappa shape index (κ1) is 19.1. The number of benzene rings is 2. The third-order valence-corrected chi connectivity index (χ3v) is 3.99. The van der Waals surface area contributed by atoms with Gasteiger partial charge < -0.3 is 30.3 Å². The molecule has 0 radical (unpaired) electrons. The molecule has 28 heavy (non-hydrogen) atoms. The molecule has 2 atom stereocenters. The number of amides is 2. The minimum absolute atomic E-state index is 0.181. The van der Waals surface area contributed by atoms with Crippen LogP contribution in [0.15, 0.2) is 42.6 Å². The third-order valence-electron chi connectivity index (χ3n) is 3.99. The van der Waals surface area contributed by atoms with Crippen molar-refractivity contribution in [2.45, 2.75) is 26.2 Å². The molecule has 8 heteroatoms. The van der Waals surface area contributed by atoms with Crippen molar-refractivity contribution in [2.24, 2.45) is 0 Å². The largest absolute Gasteiger partial charge is 0.504 e. The first-order chi connectivity index (χ1) is 13.3. The molecule has 0 aliphatic carbocycles. The summed E-state index contributed by atoms with van der Waals surface area (Å²) in [6, 6.07) is 9.46. The number of hydrogen-bond donors (Lipinski definition) is 4. The van der Waals surface area contributed by atoms with E-state index >= 15 is 0 Å². The van der Waals surface area contributed by atoms with Crippen molar-refractivity contribution in [2.75, 3.05) is 0 Å². The van der Waals surface area contributed by atoms with Crippen LogP contribution in [0.4, 0.5) is 0 Å². The van der Waals surface area contributed by atoms with Gasteiger partial charge in [0.25, 0.3) is 0 Å². The second kappa shape index (κ2) is 7.91. The van der Waals surface area contributed by atoms with Gasteiger partial charge in [-0.1, -0.05) is 12.1 Å². The molecule has 0 fully saturated rings. The van der Waals surface area contributed by atoms with Gasteiger partial charge in [-0.2, -0.15) is 0 Å². The highest BCUT2D eigenvalue weighted by atomic mass is 16.6. The molecule has 0 saturated carbocycles. The molecule has 2 aromatic rings. The zero-order valence-electron chi connectivity index (χ0n) is 15.3. The standard InChI is InChI=1S/C20H20N2O6/c1-11(23)21-8-7-13-3-6-17-18(9-13)27-19(20(28-17)22-12(2)24)14-4-5-15(25)16(26)10-14/h3-10,19-20,25-26H,1-2H3,(H,21,23)(H,22,24)/b8-7+/t19-,20+/m0/s1. The van der Waals surface area contributed by atoms with Crippen molar-refractivity contribution in [1.82, 2.24) is 10.6 Å². The lowest BCUT2D eigenvalue weighted by atomic mass is 10.1. The van der Waals surface area contributed by atoms with Crippen LogP contribution in [0.2, 0.25) is 0 Å². The van der Waals surface area contributed by atoms with Gasteiger partial charge in [-0.3, -0.25) is 9.59 Å². The number of rotatable bonds is 4. The lowest BCUT2D eigenvalue weighted by Gasteiger charge is -2.34. The Hall–Kier alpha value is -3.68. The van der Waals surface area contributed by atoms with E-state index in [0.29, 0.717) is 17.1 Å². The molecule has 4 N–H and O–H groups in total. The SMILES string of the molecule is CC(=O)N/C=C/c1ccc2c(c1)O[C@@H](c1ccc(O)c(O)c1)[C@H](NC(C)=O)O2. The Bertz CT molecular complexity index is 940. The fourth-order valence-corrected chi connectivity index (χ4v) is 2.74. The predicted octanol–water partition coefficient (Wildman–Crippen LogP) is 2.18. The van der Waals surface area contributed by atoms with E-state index in [2.05, 4.69) is 10.6 Å². The van der Waals surface area contributed by atoms with E-state index in [4.69, 9.17) is 9.47 Å². The van der Waals surface area contributed by atoms with Crippen LogP contribution in [0.1, 0.15) is 31.1 Å². The van der Waals surface area contributed by atoms with Gasteiger partial charge in [0.15, 0.2) is 29.1 Å². The van der Waals surface area contributed by atoms with Crippen molar-refractivity contribution >= 4 is 17.9 Å². The van der Waals surface area contributed by atoms with Gasteiger partial charge in [0.05, 0.1) is 0 Å². The summed E-state index contributed by atoms with van der Waals surface area (Å²) in [5, 5.41) is 24.6. The van der Waals surface area contributed by atoms with Crippen LogP contribution in [0.5, 0.6) is 23.0 Å². The number of phenols is 2. The molecule has 0 aromatic heterocycles. The zero-order valence-corrected chi connectivity index (χ0v) is 15.3. The first-order valence-electron chi connectivity index (χ1n) is 8.53. The number of carbonyl (C=O) groups is 2. The van der Waals surface area contributed by atoms with E-state index < -0.39 is 12.3 Å². The topological polar surface area (TPSA) is 117 Å². The van der Waals surface area contributed by atoms with Gasteiger partial charge in [-0.05, 0) is 35.9 Å². The molecule has 3 rings (SSSR count). The lowest BCUT2D eigenvalue weighted by Crippen LogP contribution is -2.46. The van der Waals surface area contributed by atoms with Gasteiger partial charge in [0.1, 0.15) is 0 Å². The molecule has 146 valence electrons. The second-order valence-electron chi connectivity index (χ2n) is 6.27. The number of carbonyl (C=O) groups excluding carboxylic acids is 2. The van der Waals surface area contributed by atoms with Gasteiger partial charge in [0, 0.05) is 25.6 Å². The van der Waals surface area contributed by atoms with Gasteiger partial charge in [-0.25, -0.2) is 0 Å². The summed E-state index contributed by atoms with van der Waals surface area (Å²) in [7, 11) is 0. The molecule has 0 saturated heterocycles. The normalized spacial score (nSPS) is 17.9. The monoisotopic (exact) mass is 384 g/mol. The summed E-state index contributed by atoms with van der Waals surface area (Å²) >= 11 is 0. The fraction of sp³-hybridized carbons (Fsp3) is 0.200. The molecule has 8 nitrogen and oxygen atoms in total. The van der Waals surface area contributed by atoms with Crippen LogP contribution < -0.4 is 20.1 Å². The number of ether oxygens (including phenoxy) is 2. The predicted molar refractivity (Wildman–Crippen MR) is 101 cm³/mol. The maximum Gasteiger partial charge on any atom is 0.220 e. The van der Waals surface area contributed by atoms with E-state index in [1.165, 1.54) is 32.2 Å². The summed E-state index contributed by atoms with van der Waals surface area (Å²) in [6.45, 7) is 2.77. The Morgan fingerprint density at radius 3 is 2.43 bits per heavy atom. The Labute approximate surface area is 161 Å². The van der Waals surface area contributed by atoms with Crippen LogP contribution in [0.25, 0.3) is 6.08 Å². The molecule has 0 bridgehead atoms. The van der Waals surface area contributed by atoms with Crippen molar-refractivity contribution in [1.29, 1.82) is 0 Å². The highest BCUT2D eigenvalue weighted by Crippen LogP contribution is 2.41. The first-order valence-corrected chi connectivity index (χ1v) is 8.53. The lowest BCUT2D eigenvalue weighted by molar-refractivity contribution is -0.124. The van der Waals surface area contributed by atoms with E-state index in [9.17, 15) is 19.8 Å². The third kappa shape index (κ3) is 4.35. The Balaban J connectivity index is 1.92. The van der Waals surface area contributed by atoms with Crippen LogP contribution in [-0.2, 0) is 9.59 Å². The van der Waals surface area contributed by atoms with E-state index in [1.807, 2.05) is 0 Å². The second-order valence-corrected chi connectivity index (χ2v) is 6.27. The average molecular weight is 384 g/mol. The zero-order chi connectivity index (χ0) is 20.3. The number of fused-ring (bicyclic) bond motifs is 1. The Kier molecular flexibility index (Phi) is 5.39. The average Bonchev–Trinajstić information content (AvgIpc) is 2.63. The minimum atomic E-state index is -0.824. The smallest absolute Gasteiger partial charge is 0.220 e. The number of aromatic hydroxyl groups is 2. The highest BCUT2D eigenvalue weighted by Gasteiger charge is 2.34. The summed E-state index contributed by atoms with van der Waals surface area (Å²) in [6.07, 6.45) is 1.64. The summed E-state index contributed by atoms with van der Waals surface area (Å²) < 4.78 is 11.9. The number of phenolic OH excluding ortho intramolecular Hbond substituents is 2. The summed E-state index contributed by atoms with van der Waals surface area (Å²) in [5.74, 6) is -0.180. The molecule has 2 amide bonds. The molecule has 1 aliphatic heterocycles. The van der Waals surface area contributed by atoms with Crippen molar-refractivity contribution < 1.29 is 29.3 Å². The molecule has 0 spiro atoms. The van der Waals surface area contributed by atoms with E-state index in [1.54, 1.807) is 30.3 Å². The molecular formula is C20H20N2O6. The maximum atomic E-state index is 11.6. The molecular weight excluding hydrogens is 364 g/mol. The number of hydrogen-bond acceptors (Lipinski definition) is 6. The Morgan fingerprint density at radius 2 is 1.75 bits per heavy atom. The molecule has 2 aromatic carbocycles. The fourth-order valence-electron chi connectivity index (χ4n) is 2.74. The quantitative estimate of drug-likeness (QED) is 0.601. The van der Waals surface area contributed by atoms with Crippen LogP contribution in [-0.4, -0.2) is 28.3 Å². The molecule has 0 unspecified atom stereocenters. The molecule has 1 heterocycles. The van der Waals surface area contributed by atoms with E-state index in [-0.39, 0.29) is 23.3 Å².